The number of aromatic nitrogens is 6. The van der Waals surface area contributed by atoms with Crippen LogP contribution in [0.3, 0.4) is 0 Å². The molecule has 1 amide bonds. The lowest BCUT2D eigenvalue weighted by atomic mass is 10.1. The number of nitrogens with zero attached hydrogens (tertiary/aromatic N) is 5. The summed E-state index contributed by atoms with van der Waals surface area (Å²) in [6.07, 6.45) is 8.39. The van der Waals surface area contributed by atoms with Gasteiger partial charge in [0.15, 0.2) is 5.69 Å². The molecule has 5 rings (SSSR count). The van der Waals surface area contributed by atoms with E-state index in [1.54, 1.807) is 35.7 Å². The third-order valence-corrected chi connectivity index (χ3v) is 4.72. The number of amides is 1. The number of fused-ring (bicyclic) bond motifs is 1. The van der Waals surface area contributed by atoms with E-state index in [-0.39, 0.29) is 5.91 Å². The molecule has 0 aliphatic rings. The maximum atomic E-state index is 12.8. The van der Waals surface area contributed by atoms with Gasteiger partial charge in [-0.05, 0) is 17.7 Å². The molecule has 0 atom stereocenters. The van der Waals surface area contributed by atoms with E-state index >= 15 is 0 Å². The zero-order chi connectivity index (χ0) is 20.3. The molecule has 0 spiro atoms. The molecule has 2 N–H and O–H groups in total. The van der Waals surface area contributed by atoms with E-state index < -0.39 is 0 Å². The van der Waals surface area contributed by atoms with Crippen LogP contribution in [-0.4, -0.2) is 35.9 Å². The van der Waals surface area contributed by atoms with E-state index in [1.165, 1.54) is 0 Å². The number of aromatic amines is 1. The highest BCUT2D eigenvalue weighted by Crippen LogP contribution is 2.23. The van der Waals surface area contributed by atoms with E-state index in [1.807, 2.05) is 48.5 Å². The normalized spacial score (nSPS) is 10.9. The van der Waals surface area contributed by atoms with Crippen LogP contribution in [-0.2, 0) is 6.54 Å². The van der Waals surface area contributed by atoms with E-state index in [0.29, 0.717) is 17.9 Å². The Morgan fingerprint density at radius 2 is 1.97 bits per heavy atom. The molecule has 0 fully saturated rings. The van der Waals surface area contributed by atoms with Gasteiger partial charge < -0.3 is 5.32 Å². The average molecular weight is 395 g/mol. The van der Waals surface area contributed by atoms with Crippen LogP contribution in [0.2, 0.25) is 0 Å². The molecule has 30 heavy (non-hydrogen) atoms. The SMILES string of the molecule is O=C(Nc1cnn(Cc2ccccc2)c1)c1n[nH]c2cc(-c3cnccn3)ccc12. The largest absolute Gasteiger partial charge is 0.318 e. The zero-order valence-corrected chi connectivity index (χ0v) is 15.9. The van der Waals surface area contributed by atoms with Crippen LogP contribution in [0, 0.1) is 0 Å². The van der Waals surface area contributed by atoms with Gasteiger partial charge in [0.25, 0.3) is 5.91 Å². The fraction of sp³-hybridized carbons (Fsp3) is 0.0455. The van der Waals surface area contributed by atoms with Crippen molar-refractivity contribution >= 4 is 22.5 Å². The standard InChI is InChI=1S/C22H17N7O/c30-22(26-17-11-25-29(14-17)13-15-4-2-1-3-5-15)21-18-7-6-16(10-19(18)27-28-21)20-12-23-8-9-24-20/h1-12,14H,13H2,(H,26,30)(H,27,28). The number of hydrogen-bond acceptors (Lipinski definition) is 5. The van der Waals surface area contributed by atoms with Crippen molar-refractivity contribution in [3.63, 3.8) is 0 Å². The summed E-state index contributed by atoms with van der Waals surface area (Å²) in [4.78, 5) is 21.1. The molecule has 2 aromatic carbocycles. The second kappa shape index (κ2) is 7.59. The molecule has 0 aliphatic heterocycles. The van der Waals surface area contributed by atoms with Crippen LogP contribution in [0.5, 0.6) is 0 Å². The molecule has 3 aromatic heterocycles. The Kier molecular flexibility index (Phi) is 4.49. The smallest absolute Gasteiger partial charge is 0.276 e. The molecule has 5 aromatic rings. The Balaban J connectivity index is 1.34. The Labute approximate surface area is 171 Å². The summed E-state index contributed by atoms with van der Waals surface area (Å²) in [6.45, 7) is 0.632. The maximum Gasteiger partial charge on any atom is 0.276 e. The summed E-state index contributed by atoms with van der Waals surface area (Å²) in [5.74, 6) is -0.298. The first-order chi connectivity index (χ1) is 14.8. The Morgan fingerprint density at radius 1 is 1.07 bits per heavy atom. The molecule has 0 bridgehead atoms. The number of hydrogen-bond donors (Lipinski definition) is 2. The molecule has 8 heteroatoms. The molecule has 0 saturated carbocycles. The first-order valence-electron chi connectivity index (χ1n) is 9.38. The molecule has 0 radical (unpaired) electrons. The van der Waals surface area contributed by atoms with Gasteiger partial charge in [0.1, 0.15) is 0 Å². The van der Waals surface area contributed by atoms with Crippen molar-refractivity contribution in [2.24, 2.45) is 0 Å². The minimum atomic E-state index is -0.298. The fourth-order valence-electron chi connectivity index (χ4n) is 3.28. The maximum absolute atomic E-state index is 12.8. The lowest BCUT2D eigenvalue weighted by Gasteiger charge is -2.02. The van der Waals surface area contributed by atoms with Gasteiger partial charge in [-0.1, -0.05) is 36.4 Å². The van der Waals surface area contributed by atoms with Gasteiger partial charge in [0, 0.05) is 29.5 Å². The van der Waals surface area contributed by atoms with Crippen LogP contribution >= 0.6 is 0 Å². The first kappa shape index (κ1) is 17.7. The van der Waals surface area contributed by atoms with E-state index in [4.69, 9.17) is 0 Å². The minimum absolute atomic E-state index is 0.298. The van der Waals surface area contributed by atoms with Crippen molar-refractivity contribution in [2.45, 2.75) is 6.54 Å². The quantitative estimate of drug-likeness (QED) is 0.474. The monoisotopic (exact) mass is 395 g/mol. The fourth-order valence-corrected chi connectivity index (χ4v) is 3.28. The average Bonchev–Trinajstić information content (AvgIpc) is 3.41. The highest BCUT2D eigenvalue weighted by molar-refractivity contribution is 6.11. The summed E-state index contributed by atoms with van der Waals surface area (Å²) in [5.41, 5.74) is 4.48. The number of nitrogens with one attached hydrogen (secondary N) is 2. The zero-order valence-electron chi connectivity index (χ0n) is 15.9. The Morgan fingerprint density at radius 3 is 2.80 bits per heavy atom. The lowest BCUT2D eigenvalue weighted by molar-refractivity contribution is 0.102. The molecule has 0 saturated heterocycles. The number of anilines is 1. The van der Waals surface area contributed by atoms with Crippen molar-refractivity contribution in [3.8, 4) is 11.3 Å². The second-order valence-electron chi connectivity index (χ2n) is 6.79. The Hall–Kier alpha value is -4.33. The third-order valence-electron chi connectivity index (χ3n) is 4.72. The van der Waals surface area contributed by atoms with Gasteiger partial charge in [-0.15, -0.1) is 0 Å². The molecule has 0 aliphatic carbocycles. The number of carbonyl (C=O) groups is 1. The van der Waals surface area contributed by atoms with Crippen molar-refractivity contribution in [2.75, 3.05) is 5.32 Å². The van der Waals surface area contributed by atoms with Gasteiger partial charge in [-0.3, -0.25) is 24.5 Å². The van der Waals surface area contributed by atoms with Gasteiger partial charge in [-0.2, -0.15) is 10.2 Å². The van der Waals surface area contributed by atoms with Crippen LogP contribution in [0.25, 0.3) is 22.2 Å². The van der Waals surface area contributed by atoms with Crippen molar-refractivity contribution < 1.29 is 4.79 Å². The lowest BCUT2D eigenvalue weighted by Crippen LogP contribution is -2.12. The predicted molar refractivity (Wildman–Crippen MR) is 113 cm³/mol. The molecule has 8 nitrogen and oxygen atoms in total. The van der Waals surface area contributed by atoms with E-state index in [0.717, 1.165) is 27.7 Å². The molecule has 0 unspecified atom stereocenters. The first-order valence-corrected chi connectivity index (χ1v) is 9.38. The molecule has 3 heterocycles. The number of rotatable bonds is 5. The molecular formula is C22H17N7O. The van der Waals surface area contributed by atoms with Crippen molar-refractivity contribution in [3.05, 3.63) is 90.8 Å². The van der Waals surface area contributed by atoms with Crippen LogP contribution < -0.4 is 5.32 Å². The summed E-state index contributed by atoms with van der Waals surface area (Å²) in [5, 5.41) is 15.0. The van der Waals surface area contributed by atoms with Gasteiger partial charge in [0.2, 0.25) is 0 Å². The highest BCUT2D eigenvalue weighted by atomic mass is 16.2. The van der Waals surface area contributed by atoms with Crippen molar-refractivity contribution in [1.29, 1.82) is 0 Å². The van der Waals surface area contributed by atoms with Gasteiger partial charge in [0.05, 0.1) is 35.8 Å². The van der Waals surface area contributed by atoms with Gasteiger partial charge >= 0.3 is 0 Å². The minimum Gasteiger partial charge on any atom is -0.318 e. The topological polar surface area (TPSA) is 101 Å². The summed E-state index contributed by atoms with van der Waals surface area (Å²) >= 11 is 0. The van der Waals surface area contributed by atoms with E-state index in [9.17, 15) is 4.79 Å². The summed E-state index contributed by atoms with van der Waals surface area (Å²) in [7, 11) is 0. The van der Waals surface area contributed by atoms with Crippen molar-refractivity contribution in [1.82, 2.24) is 29.9 Å². The number of benzene rings is 2. The third kappa shape index (κ3) is 3.53. The molecular weight excluding hydrogens is 378 g/mol. The highest BCUT2D eigenvalue weighted by Gasteiger charge is 2.16. The summed E-state index contributed by atoms with van der Waals surface area (Å²) in [6, 6.07) is 15.7. The second-order valence-corrected chi connectivity index (χ2v) is 6.79. The van der Waals surface area contributed by atoms with E-state index in [2.05, 4.69) is 30.6 Å². The molecule has 146 valence electrons. The van der Waals surface area contributed by atoms with Crippen LogP contribution in [0.15, 0.2) is 79.5 Å². The number of H-pyrrole nitrogens is 1. The van der Waals surface area contributed by atoms with Crippen LogP contribution in [0.1, 0.15) is 16.1 Å². The Bertz CT molecular complexity index is 1310. The van der Waals surface area contributed by atoms with Crippen LogP contribution in [0.4, 0.5) is 5.69 Å². The van der Waals surface area contributed by atoms with Gasteiger partial charge in [-0.25, -0.2) is 0 Å². The predicted octanol–water partition coefficient (Wildman–Crippen LogP) is 3.52. The summed E-state index contributed by atoms with van der Waals surface area (Å²) < 4.78 is 1.78. The number of carbonyl (C=O) groups excluding carboxylic acids is 1.